The Labute approximate surface area is 142 Å². The van der Waals surface area contributed by atoms with E-state index in [1.807, 2.05) is 16.8 Å². The first-order valence-corrected chi connectivity index (χ1v) is 11.6. The highest BCUT2D eigenvalue weighted by atomic mass is 28.3. The molecule has 0 aliphatic rings. The maximum absolute atomic E-state index is 8.96. The lowest BCUT2D eigenvalue weighted by atomic mass is 10.1. The van der Waals surface area contributed by atoms with E-state index in [0.717, 1.165) is 34.9 Å². The molecule has 0 aromatic carbocycles. The molecule has 0 fully saturated rings. The maximum Gasteiger partial charge on any atom is 0.145 e. The quantitative estimate of drug-likeness (QED) is 0.549. The van der Waals surface area contributed by atoms with Gasteiger partial charge >= 0.3 is 0 Å². The molecule has 7 heteroatoms. The lowest BCUT2D eigenvalue weighted by Gasteiger charge is -2.15. The van der Waals surface area contributed by atoms with Gasteiger partial charge in [-0.05, 0) is 18.2 Å². The van der Waals surface area contributed by atoms with Crippen LogP contribution in [0.15, 0.2) is 30.9 Å². The molecule has 0 aliphatic carbocycles. The molecule has 24 heavy (non-hydrogen) atoms. The largest absolute Gasteiger partial charge is 0.361 e. The molecule has 0 saturated carbocycles. The number of aromatic nitrogens is 4. The molecule has 0 radical (unpaired) electrons. The normalized spacial score (nSPS) is 11.8. The Morgan fingerprint density at radius 2 is 2.17 bits per heavy atom. The van der Waals surface area contributed by atoms with Crippen molar-refractivity contribution in [2.75, 3.05) is 6.61 Å². The third-order valence-corrected chi connectivity index (χ3v) is 5.56. The van der Waals surface area contributed by atoms with Crippen LogP contribution in [0, 0.1) is 11.3 Å². The molecule has 0 aliphatic heterocycles. The topological polar surface area (TPSA) is 79.5 Å². The van der Waals surface area contributed by atoms with Gasteiger partial charge in [-0.25, -0.2) is 9.97 Å². The van der Waals surface area contributed by atoms with Crippen molar-refractivity contribution in [1.29, 1.82) is 5.26 Å². The molecule has 0 unspecified atom stereocenters. The number of rotatable bonds is 6. The molecule has 0 amide bonds. The van der Waals surface area contributed by atoms with Crippen LogP contribution in [0.3, 0.4) is 0 Å². The molecule has 3 heterocycles. The number of nitriles is 1. The Morgan fingerprint density at radius 1 is 1.33 bits per heavy atom. The van der Waals surface area contributed by atoms with Crippen molar-refractivity contribution in [3.63, 3.8) is 0 Å². The minimum atomic E-state index is -1.08. The molecule has 3 aromatic heterocycles. The summed E-state index contributed by atoms with van der Waals surface area (Å²) in [6, 6.07) is 7.03. The molecule has 0 saturated heterocycles. The van der Waals surface area contributed by atoms with Gasteiger partial charge < -0.3 is 14.3 Å². The highest BCUT2D eigenvalue weighted by molar-refractivity contribution is 6.76. The average molecular weight is 339 g/mol. The van der Waals surface area contributed by atoms with Gasteiger partial charge in [0.2, 0.25) is 0 Å². The summed E-state index contributed by atoms with van der Waals surface area (Å²) in [6.07, 6.45) is 5.31. The van der Waals surface area contributed by atoms with Crippen LogP contribution in [-0.2, 0) is 11.5 Å². The van der Waals surface area contributed by atoms with Crippen molar-refractivity contribution in [3.05, 3.63) is 36.5 Å². The van der Waals surface area contributed by atoms with E-state index in [2.05, 4.69) is 40.7 Å². The summed E-state index contributed by atoms with van der Waals surface area (Å²) >= 11 is 0. The van der Waals surface area contributed by atoms with E-state index in [-0.39, 0.29) is 0 Å². The van der Waals surface area contributed by atoms with Crippen molar-refractivity contribution in [2.24, 2.45) is 0 Å². The fourth-order valence-corrected chi connectivity index (χ4v) is 3.23. The van der Waals surface area contributed by atoms with E-state index in [0.29, 0.717) is 12.4 Å². The predicted molar refractivity (Wildman–Crippen MR) is 96.1 cm³/mol. The summed E-state index contributed by atoms with van der Waals surface area (Å²) in [5.74, 6) is 0. The van der Waals surface area contributed by atoms with Crippen LogP contribution in [0.2, 0.25) is 25.7 Å². The Morgan fingerprint density at radius 3 is 2.88 bits per heavy atom. The molecule has 3 rings (SSSR count). The van der Waals surface area contributed by atoms with Crippen LogP contribution in [-0.4, -0.2) is 34.2 Å². The van der Waals surface area contributed by atoms with E-state index in [1.165, 1.54) is 0 Å². The standard InChI is InChI=1S/C17H21N5OSi/c1-24(2,3)7-6-23-12-22-5-4-15-16(20-11-21-17(15)22)13-8-14(9-18)19-10-13/h4-5,8,10-11,19H,6-7,12H2,1-3H3. The van der Waals surface area contributed by atoms with Crippen LogP contribution < -0.4 is 0 Å². The number of ether oxygens (including phenoxy) is 1. The zero-order valence-electron chi connectivity index (χ0n) is 14.2. The van der Waals surface area contributed by atoms with Crippen LogP contribution in [0.4, 0.5) is 0 Å². The number of nitrogens with one attached hydrogen (secondary N) is 1. The summed E-state index contributed by atoms with van der Waals surface area (Å²) in [7, 11) is -1.08. The molecule has 1 N–H and O–H groups in total. The summed E-state index contributed by atoms with van der Waals surface area (Å²) in [5, 5.41) is 9.91. The Bertz CT molecular complexity index is 884. The number of H-pyrrole nitrogens is 1. The van der Waals surface area contributed by atoms with Crippen LogP contribution in [0.25, 0.3) is 22.3 Å². The zero-order chi connectivity index (χ0) is 17.2. The van der Waals surface area contributed by atoms with E-state index >= 15 is 0 Å². The van der Waals surface area contributed by atoms with E-state index in [9.17, 15) is 0 Å². The molecule has 6 nitrogen and oxygen atoms in total. The van der Waals surface area contributed by atoms with Crippen molar-refractivity contribution in [1.82, 2.24) is 19.5 Å². The summed E-state index contributed by atoms with van der Waals surface area (Å²) in [4.78, 5) is 11.7. The molecule has 0 bridgehead atoms. The van der Waals surface area contributed by atoms with Gasteiger partial charge in [0.1, 0.15) is 30.5 Å². The van der Waals surface area contributed by atoms with E-state index in [1.54, 1.807) is 18.6 Å². The molecule has 124 valence electrons. The highest BCUT2D eigenvalue weighted by Gasteiger charge is 2.14. The maximum atomic E-state index is 8.96. The van der Waals surface area contributed by atoms with E-state index in [4.69, 9.17) is 10.00 Å². The first kappa shape index (κ1) is 16.4. The van der Waals surface area contributed by atoms with Gasteiger partial charge in [-0.1, -0.05) is 19.6 Å². The minimum absolute atomic E-state index is 0.487. The average Bonchev–Trinajstić information content (AvgIpc) is 3.17. The zero-order valence-corrected chi connectivity index (χ0v) is 15.2. The molecule has 0 atom stereocenters. The van der Waals surface area contributed by atoms with Gasteiger partial charge in [0.05, 0.1) is 5.69 Å². The summed E-state index contributed by atoms with van der Waals surface area (Å²) < 4.78 is 7.81. The SMILES string of the molecule is C[Si](C)(C)CCOCn1ccc2c(-c3c[nH]c(C#N)c3)ncnc21. The van der Waals surface area contributed by atoms with Gasteiger partial charge in [0.15, 0.2) is 0 Å². The predicted octanol–water partition coefficient (Wildman–Crippen LogP) is 3.61. The Kier molecular flexibility index (Phi) is 4.51. The fraction of sp³-hybridized carbons (Fsp3) is 0.353. The second kappa shape index (κ2) is 6.59. The molecule has 3 aromatic rings. The monoisotopic (exact) mass is 339 g/mol. The summed E-state index contributed by atoms with van der Waals surface area (Å²) in [6.45, 7) is 8.28. The van der Waals surface area contributed by atoms with Gasteiger partial charge in [0.25, 0.3) is 0 Å². The van der Waals surface area contributed by atoms with Gasteiger partial charge in [-0.15, -0.1) is 0 Å². The molecule has 0 spiro atoms. The highest BCUT2D eigenvalue weighted by Crippen LogP contribution is 2.26. The number of aromatic amines is 1. The van der Waals surface area contributed by atoms with Gasteiger partial charge in [-0.3, -0.25) is 0 Å². The third kappa shape index (κ3) is 3.55. The lowest BCUT2D eigenvalue weighted by molar-refractivity contribution is 0.0899. The first-order valence-electron chi connectivity index (χ1n) is 7.94. The number of nitrogens with zero attached hydrogens (tertiary/aromatic N) is 4. The van der Waals surface area contributed by atoms with Crippen LogP contribution in [0.1, 0.15) is 5.69 Å². The fourth-order valence-electron chi connectivity index (χ4n) is 2.47. The van der Waals surface area contributed by atoms with Crippen LogP contribution in [0.5, 0.6) is 0 Å². The number of hydrogen-bond donors (Lipinski definition) is 1. The molecular formula is C17H21N5OSi. The van der Waals surface area contributed by atoms with Gasteiger partial charge in [0, 0.05) is 38.0 Å². The smallest absolute Gasteiger partial charge is 0.145 e. The first-order chi connectivity index (χ1) is 11.5. The summed E-state index contributed by atoms with van der Waals surface area (Å²) in [5.41, 5.74) is 3.06. The lowest BCUT2D eigenvalue weighted by Crippen LogP contribution is -2.22. The minimum Gasteiger partial charge on any atom is -0.361 e. The third-order valence-electron chi connectivity index (χ3n) is 3.86. The van der Waals surface area contributed by atoms with Crippen molar-refractivity contribution >= 4 is 19.1 Å². The van der Waals surface area contributed by atoms with Gasteiger partial charge in [-0.2, -0.15) is 5.26 Å². The Hall–Kier alpha value is -2.43. The number of hydrogen-bond acceptors (Lipinski definition) is 4. The van der Waals surface area contributed by atoms with Crippen molar-refractivity contribution in [3.8, 4) is 17.3 Å². The second-order valence-corrected chi connectivity index (χ2v) is 12.6. The van der Waals surface area contributed by atoms with E-state index < -0.39 is 8.07 Å². The number of fused-ring (bicyclic) bond motifs is 1. The van der Waals surface area contributed by atoms with Crippen molar-refractivity contribution in [2.45, 2.75) is 32.4 Å². The molecular weight excluding hydrogens is 318 g/mol. The second-order valence-electron chi connectivity index (χ2n) is 7.01. The van der Waals surface area contributed by atoms with Crippen LogP contribution >= 0.6 is 0 Å². The Balaban J connectivity index is 1.80. The van der Waals surface area contributed by atoms with Crippen molar-refractivity contribution < 1.29 is 4.74 Å².